The molecule has 3 atom stereocenters. The zero-order valence-electron chi connectivity index (χ0n) is 12.9. The van der Waals surface area contributed by atoms with Crippen molar-refractivity contribution in [3.63, 3.8) is 0 Å². The molecule has 0 N–H and O–H groups in total. The first-order valence-electron chi connectivity index (χ1n) is 8.17. The molecule has 7 heteroatoms. The Morgan fingerprint density at radius 1 is 1.27 bits per heavy atom. The van der Waals surface area contributed by atoms with E-state index >= 15 is 0 Å². The van der Waals surface area contributed by atoms with Crippen LogP contribution in [0, 0.1) is 12.8 Å². The van der Waals surface area contributed by atoms with Crippen LogP contribution in [0.5, 0.6) is 0 Å². The van der Waals surface area contributed by atoms with Crippen molar-refractivity contribution in [2.75, 3.05) is 26.2 Å². The monoisotopic (exact) mass is 306 g/mol. The van der Waals surface area contributed by atoms with Crippen LogP contribution in [0.4, 0.5) is 4.79 Å². The van der Waals surface area contributed by atoms with E-state index in [9.17, 15) is 4.79 Å². The molecule has 0 spiro atoms. The van der Waals surface area contributed by atoms with Gasteiger partial charge in [0.15, 0.2) is 5.82 Å². The van der Waals surface area contributed by atoms with Gasteiger partial charge in [0, 0.05) is 32.1 Å². The number of likely N-dealkylation sites (tertiary alicyclic amines) is 2. The van der Waals surface area contributed by atoms with E-state index < -0.39 is 0 Å². The fourth-order valence-corrected chi connectivity index (χ4v) is 3.88. The van der Waals surface area contributed by atoms with Crippen molar-refractivity contribution in [3.05, 3.63) is 11.7 Å². The molecule has 7 nitrogen and oxygen atoms in total. The molecule has 4 rings (SSSR count). The average Bonchev–Trinajstić information content (AvgIpc) is 3.21. The Hall–Kier alpha value is -1.63. The minimum atomic E-state index is 0.138. The van der Waals surface area contributed by atoms with Gasteiger partial charge in [-0.05, 0) is 26.2 Å². The summed E-state index contributed by atoms with van der Waals surface area (Å²) in [6, 6.07) is 0.194. The number of hydrogen-bond donors (Lipinski definition) is 0. The summed E-state index contributed by atoms with van der Waals surface area (Å²) in [6.45, 7) is 5.17. The largest absolute Gasteiger partial charge is 0.372 e. The van der Waals surface area contributed by atoms with E-state index in [2.05, 4.69) is 10.1 Å². The number of fused-ring (bicyclic) bond motifs is 1. The number of carbonyl (C=O) groups excluding carboxylic acids is 1. The summed E-state index contributed by atoms with van der Waals surface area (Å²) in [5.41, 5.74) is 0. The van der Waals surface area contributed by atoms with Gasteiger partial charge in [-0.25, -0.2) is 4.79 Å². The van der Waals surface area contributed by atoms with E-state index in [1.807, 2.05) is 16.7 Å². The second kappa shape index (κ2) is 5.53. The van der Waals surface area contributed by atoms with Crippen LogP contribution >= 0.6 is 0 Å². The van der Waals surface area contributed by atoms with Crippen LogP contribution in [0.3, 0.4) is 0 Å². The first-order chi connectivity index (χ1) is 10.7. The number of aryl methyl sites for hydroxylation is 1. The lowest BCUT2D eigenvalue weighted by atomic mass is 10.0. The predicted octanol–water partition coefficient (Wildman–Crippen LogP) is 1.23. The van der Waals surface area contributed by atoms with Gasteiger partial charge >= 0.3 is 6.03 Å². The molecule has 0 radical (unpaired) electrons. The molecule has 3 aliphatic heterocycles. The van der Waals surface area contributed by atoms with Crippen molar-refractivity contribution >= 4 is 6.03 Å². The molecule has 3 fully saturated rings. The molecule has 0 aliphatic carbocycles. The van der Waals surface area contributed by atoms with E-state index in [0.717, 1.165) is 45.4 Å². The third kappa shape index (κ3) is 2.58. The number of urea groups is 1. The van der Waals surface area contributed by atoms with Gasteiger partial charge in [-0.3, -0.25) is 0 Å². The third-order valence-corrected chi connectivity index (χ3v) is 4.93. The molecule has 0 unspecified atom stereocenters. The van der Waals surface area contributed by atoms with Crippen LogP contribution in [-0.4, -0.2) is 64.4 Å². The molecule has 1 aromatic heterocycles. The highest BCUT2D eigenvalue weighted by Crippen LogP contribution is 2.34. The Kier molecular flexibility index (Phi) is 3.52. The second-order valence-electron chi connectivity index (χ2n) is 6.61. The zero-order valence-corrected chi connectivity index (χ0v) is 12.9. The molecule has 2 amide bonds. The summed E-state index contributed by atoms with van der Waals surface area (Å²) in [6.07, 6.45) is 4.21. The van der Waals surface area contributed by atoms with Crippen molar-refractivity contribution in [1.82, 2.24) is 19.9 Å². The number of ether oxygens (including phenoxy) is 1. The number of amides is 2. The highest BCUT2D eigenvalue weighted by atomic mass is 16.5. The summed E-state index contributed by atoms with van der Waals surface area (Å²) in [7, 11) is 0. The van der Waals surface area contributed by atoms with Gasteiger partial charge in [-0.15, -0.1) is 0 Å². The van der Waals surface area contributed by atoms with Gasteiger partial charge in [-0.1, -0.05) is 5.16 Å². The van der Waals surface area contributed by atoms with Crippen LogP contribution in [-0.2, 0) is 11.2 Å². The number of rotatable bonds is 2. The van der Waals surface area contributed by atoms with Crippen molar-refractivity contribution < 1.29 is 14.1 Å². The Balaban J connectivity index is 1.31. The highest BCUT2D eigenvalue weighted by Gasteiger charge is 2.44. The molecule has 0 saturated carbocycles. The van der Waals surface area contributed by atoms with Gasteiger partial charge in [-0.2, -0.15) is 4.98 Å². The van der Waals surface area contributed by atoms with E-state index in [1.54, 1.807) is 0 Å². The van der Waals surface area contributed by atoms with Gasteiger partial charge < -0.3 is 19.1 Å². The standard InChI is InChI=1S/C15H22N4O3/c1-10-16-14(22-17-10)7-12-6-11-8-19(9-13(11)21-12)15(20)18-4-2-3-5-18/h11-13H,2-9H2,1H3/t11-,12+,13+/m0/s1. The first-order valence-corrected chi connectivity index (χ1v) is 8.17. The van der Waals surface area contributed by atoms with Crippen LogP contribution in [0.25, 0.3) is 0 Å². The van der Waals surface area contributed by atoms with Crippen LogP contribution < -0.4 is 0 Å². The smallest absolute Gasteiger partial charge is 0.320 e. The van der Waals surface area contributed by atoms with Crippen LogP contribution in [0.2, 0.25) is 0 Å². The van der Waals surface area contributed by atoms with Gasteiger partial charge in [0.2, 0.25) is 5.89 Å². The summed E-state index contributed by atoms with van der Waals surface area (Å²) in [5, 5.41) is 3.81. The second-order valence-corrected chi connectivity index (χ2v) is 6.61. The molecular formula is C15H22N4O3. The summed E-state index contributed by atoms with van der Waals surface area (Å²) in [5.74, 6) is 1.75. The van der Waals surface area contributed by atoms with Crippen molar-refractivity contribution in [2.24, 2.45) is 5.92 Å². The maximum atomic E-state index is 12.4. The molecule has 3 aliphatic rings. The maximum absolute atomic E-state index is 12.4. The minimum absolute atomic E-state index is 0.138. The van der Waals surface area contributed by atoms with E-state index in [0.29, 0.717) is 24.1 Å². The predicted molar refractivity (Wildman–Crippen MR) is 77.3 cm³/mol. The SMILES string of the molecule is Cc1noc(C[C@H]2C[C@H]3CN(C(=O)N4CCCC4)C[C@H]3O2)n1. The maximum Gasteiger partial charge on any atom is 0.320 e. The lowest BCUT2D eigenvalue weighted by Gasteiger charge is -2.25. The Labute approximate surface area is 129 Å². The summed E-state index contributed by atoms with van der Waals surface area (Å²) >= 11 is 0. The normalized spacial score (nSPS) is 31.0. The van der Waals surface area contributed by atoms with E-state index in [-0.39, 0.29) is 18.2 Å². The topological polar surface area (TPSA) is 71.7 Å². The fraction of sp³-hybridized carbons (Fsp3) is 0.800. The Bertz CT molecular complexity index is 541. The lowest BCUT2D eigenvalue weighted by Crippen LogP contribution is -2.41. The van der Waals surface area contributed by atoms with Crippen LogP contribution in [0.1, 0.15) is 31.0 Å². The zero-order chi connectivity index (χ0) is 15.1. The van der Waals surface area contributed by atoms with Crippen molar-refractivity contribution in [2.45, 2.75) is 44.8 Å². The minimum Gasteiger partial charge on any atom is -0.372 e. The van der Waals surface area contributed by atoms with Gasteiger partial charge in [0.1, 0.15) is 0 Å². The average molecular weight is 306 g/mol. The summed E-state index contributed by atoms with van der Waals surface area (Å²) < 4.78 is 11.3. The molecule has 0 aromatic carbocycles. The number of carbonyl (C=O) groups is 1. The quantitative estimate of drug-likeness (QED) is 0.821. The number of aromatic nitrogens is 2. The highest BCUT2D eigenvalue weighted by molar-refractivity contribution is 5.75. The van der Waals surface area contributed by atoms with Gasteiger partial charge in [0.05, 0.1) is 18.6 Å². The molecule has 1 aromatic rings. The molecule has 120 valence electrons. The van der Waals surface area contributed by atoms with Crippen molar-refractivity contribution in [1.29, 1.82) is 0 Å². The molecule has 3 saturated heterocycles. The van der Waals surface area contributed by atoms with Crippen LogP contribution in [0.15, 0.2) is 4.52 Å². The lowest BCUT2D eigenvalue weighted by molar-refractivity contribution is 0.0362. The Morgan fingerprint density at radius 2 is 2.09 bits per heavy atom. The molecular weight excluding hydrogens is 284 g/mol. The van der Waals surface area contributed by atoms with E-state index in [1.165, 1.54) is 0 Å². The Morgan fingerprint density at radius 3 is 2.77 bits per heavy atom. The fourth-order valence-electron chi connectivity index (χ4n) is 3.88. The molecule has 0 bridgehead atoms. The molecule has 22 heavy (non-hydrogen) atoms. The summed E-state index contributed by atoms with van der Waals surface area (Å²) in [4.78, 5) is 20.6. The van der Waals surface area contributed by atoms with Crippen molar-refractivity contribution in [3.8, 4) is 0 Å². The number of hydrogen-bond acceptors (Lipinski definition) is 5. The first kappa shape index (κ1) is 14.0. The van der Waals surface area contributed by atoms with Gasteiger partial charge in [0.25, 0.3) is 0 Å². The third-order valence-electron chi connectivity index (χ3n) is 4.93. The molecule has 4 heterocycles. The number of nitrogens with zero attached hydrogens (tertiary/aromatic N) is 4. The van der Waals surface area contributed by atoms with E-state index in [4.69, 9.17) is 9.26 Å².